The number of benzene rings is 2. The predicted octanol–water partition coefficient (Wildman–Crippen LogP) is 6.26. The molecule has 0 N–H and O–H groups in total. The van der Waals surface area contributed by atoms with Crippen molar-refractivity contribution in [1.82, 2.24) is 14.7 Å². The molecule has 8 heteroatoms. The van der Waals surface area contributed by atoms with Crippen molar-refractivity contribution in [2.24, 2.45) is 0 Å². The molecule has 0 spiro atoms. The highest BCUT2D eigenvalue weighted by Gasteiger charge is 2.35. The van der Waals surface area contributed by atoms with Gasteiger partial charge in [-0.05, 0) is 66.2 Å². The largest absolute Gasteiger partial charge is 0.493 e. The molecule has 1 amide bonds. The summed E-state index contributed by atoms with van der Waals surface area (Å²) in [7, 11) is 3.30. The van der Waals surface area contributed by atoms with E-state index in [0.717, 1.165) is 43.3 Å². The number of aromatic nitrogens is 2. The summed E-state index contributed by atoms with van der Waals surface area (Å²) in [5, 5.41) is 7.81. The Balaban J connectivity index is 1.44. The van der Waals surface area contributed by atoms with Crippen LogP contribution in [0.2, 0.25) is 0 Å². The first-order valence-corrected chi connectivity index (χ1v) is 13.4. The minimum absolute atomic E-state index is 0.0362. The third-order valence-corrected chi connectivity index (χ3v) is 8.73. The van der Waals surface area contributed by atoms with Crippen molar-refractivity contribution >= 4 is 38.8 Å². The molecule has 2 aromatic carbocycles. The molecule has 182 valence electrons. The molecule has 0 radical (unpaired) electrons. The Labute approximate surface area is 217 Å². The number of para-hydroxylation sites is 1. The number of hydrogen-bond acceptors (Lipinski definition) is 6. The van der Waals surface area contributed by atoms with Gasteiger partial charge < -0.3 is 14.4 Å². The third kappa shape index (κ3) is 3.68. The van der Waals surface area contributed by atoms with Crippen LogP contribution in [0.25, 0.3) is 15.9 Å². The first-order chi connectivity index (χ1) is 17.6. The summed E-state index contributed by atoms with van der Waals surface area (Å²) in [6.07, 6.45) is 0.755. The predicted molar refractivity (Wildman–Crippen MR) is 144 cm³/mol. The monoisotopic (exact) mass is 515 g/mol. The molecule has 0 unspecified atom stereocenters. The van der Waals surface area contributed by atoms with Crippen LogP contribution in [0.3, 0.4) is 0 Å². The van der Waals surface area contributed by atoms with E-state index in [4.69, 9.17) is 14.6 Å². The van der Waals surface area contributed by atoms with E-state index < -0.39 is 0 Å². The van der Waals surface area contributed by atoms with Gasteiger partial charge in [0.05, 0.1) is 36.5 Å². The number of aryl methyl sites for hydroxylation is 1. The van der Waals surface area contributed by atoms with Crippen molar-refractivity contribution in [3.8, 4) is 17.2 Å². The van der Waals surface area contributed by atoms with Gasteiger partial charge in [-0.25, -0.2) is 4.68 Å². The number of methoxy groups -OCH3 is 2. The molecular formula is C28H25N3O3S2. The van der Waals surface area contributed by atoms with E-state index in [2.05, 4.69) is 11.4 Å². The van der Waals surface area contributed by atoms with Crippen LogP contribution in [0, 0.1) is 6.92 Å². The maximum Gasteiger partial charge on any atom is 0.264 e. The second kappa shape index (κ2) is 9.11. The molecule has 0 saturated heterocycles. The van der Waals surface area contributed by atoms with Crippen molar-refractivity contribution in [1.29, 1.82) is 0 Å². The van der Waals surface area contributed by atoms with E-state index in [9.17, 15) is 4.79 Å². The minimum atomic E-state index is -0.182. The fourth-order valence-corrected chi connectivity index (χ4v) is 6.95. The Morgan fingerprint density at radius 1 is 1.03 bits per heavy atom. The quantitative estimate of drug-likeness (QED) is 0.277. The van der Waals surface area contributed by atoms with E-state index in [1.54, 1.807) is 25.6 Å². The lowest BCUT2D eigenvalue weighted by Gasteiger charge is -2.37. The number of ether oxygens (including phenoxy) is 2. The molecule has 6 rings (SSSR count). The standard InChI is InChI=1S/C28H25N3O3S2/c1-17-20-16-25(36-28(20)31(29-17)19-8-5-4-6-9-19)27(32)30-12-11-18-14-22(33-2)23(34-3)15-21(18)26(30)24-10-7-13-35-24/h4-10,13-16,26H,11-12H2,1-3H3/t26-/m0/s1. The van der Waals surface area contributed by atoms with Crippen LogP contribution in [0.4, 0.5) is 0 Å². The van der Waals surface area contributed by atoms with E-state index in [1.807, 2.05) is 71.1 Å². The van der Waals surface area contributed by atoms with Gasteiger partial charge >= 0.3 is 0 Å². The van der Waals surface area contributed by atoms with Crippen LogP contribution >= 0.6 is 22.7 Å². The zero-order chi connectivity index (χ0) is 24.8. The summed E-state index contributed by atoms with van der Waals surface area (Å²) < 4.78 is 13.1. The number of rotatable bonds is 5. The molecule has 0 saturated carbocycles. The second-order valence-electron chi connectivity index (χ2n) is 8.73. The maximum atomic E-state index is 14.1. The van der Waals surface area contributed by atoms with Crippen LogP contribution in [0.5, 0.6) is 11.5 Å². The number of carbonyl (C=O) groups is 1. The molecule has 1 atom stereocenters. The Morgan fingerprint density at radius 2 is 1.81 bits per heavy atom. The Morgan fingerprint density at radius 3 is 2.53 bits per heavy atom. The topological polar surface area (TPSA) is 56.6 Å². The lowest BCUT2D eigenvalue weighted by molar-refractivity contribution is 0.0702. The first kappa shape index (κ1) is 22.8. The van der Waals surface area contributed by atoms with Crippen molar-refractivity contribution in [3.63, 3.8) is 0 Å². The summed E-state index contributed by atoms with van der Waals surface area (Å²) in [5.74, 6) is 1.42. The van der Waals surface area contributed by atoms with Gasteiger partial charge in [-0.2, -0.15) is 5.10 Å². The van der Waals surface area contributed by atoms with Crippen molar-refractivity contribution < 1.29 is 14.3 Å². The first-order valence-electron chi connectivity index (χ1n) is 11.7. The summed E-state index contributed by atoms with van der Waals surface area (Å²) in [6.45, 7) is 2.62. The molecule has 36 heavy (non-hydrogen) atoms. The zero-order valence-electron chi connectivity index (χ0n) is 20.2. The zero-order valence-corrected chi connectivity index (χ0v) is 21.9. The van der Waals surface area contributed by atoms with Crippen LogP contribution in [-0.2, 0) is 6.42 Å². The minimum Gasteiger partial charge on any atom is -0.493 e. The number of carbonyl (C=O) groups excluding carboxylic acids is 1. The summed E-state index contributed by atoms with van der Waals surface area (Å²) in [6, 6.07) is 20.1. The number of amides is 1. The number of fused-ring (bicyclic) bond motifs is 2. The maximum absolute atomic E-state index is 14.1. The van der Waals surface area contributed by atoms with Gasteiger partial charge in [-0.3, -0.25) is 4.79 Å². The van der Waals surface area contributed by atoms with E-state index in [1.165, 1.54) is 16.9 Å². The average molecular weight is 516 g/mol. The molecule has 5 aromatic rings. The Kier molecular flexibility index (Phi) is 5.78. The van der Waals surface area contributed by atoms with Crippen molar-refractivity contribution in [2.75, 3.05) is 20.8 Å². The van der Waals surface area contributed by atoms with Gasteiger partial charge in [0.15, 0.2) is 11.5 Å². The lowest BCUT2D eigenvalue weighted by atomic mass is 9.90. The van der Waals surface area contributed by atoms with E-state index in [-0.39, 0.29) is 11.9 Å². The summed E-state index contributed by atoms with van der Waals surface area (Å²) in [5.41, 5.74) is 4.17. The lowest BCUT2D eigenvalue weighted by Crippen LogP contribution is -2.40. The second-order valence-corrected chi connectivity index (χ2v) is 10.7. The summed E-state index contributed by atoms with van der Waals surface area (Å²) >= 11 is 3.17. The molecule has 6 nitrogen and oxygen atoms in total. The van der Waals surface area contributed by atoms with Gasteiger partial charge in [0.2, 0.25) is 0 Å². The third-order valence-electron chi connectivity index (χ3n) is 6.70. The molecule has 3 aromatic heterocycles. The normalized spacial score (nSPS) is 15.2. The fourth-order valence-electron chi connectivity index (χ4n) is 4.96. The molecule has 0 aliphatic carbocycles. The smallest absolute Gasteiger partial charge is 0.264 e. The highest BCUT2D eigenvalue weighted by Crippen LogP contribution is 2.43. The number of thiophene rings is 2. The van der Waals surface area contributed by atoms with Gasteiger partial charge in [-0.1, -0.05) is 24.3 Å². The molecule has 4 heterocycles. The Bertz CT molecular complexity index is 1550. The Hall–Kier alpha value is -3.62. The van der Waals surface area contributed by atoms with E-state index in [0.29, 0.717) is 18.0 Å². The molecule has 0 fully saturated rings. The highest BCUT2D eigenvalue weighted by atomic mass is 32.1. The van der Waals surface area contributed by atoms with Crippen LogP contribution < -0.4 is 9.47 Å². The fraction of sp³-hybridized carbons (Fsp3) is 0.214. The number of nitrogens with zero attached hydrogens (tertiary/aromatic N) is 3. The van der Waals surface area contributed by atoms with E-state index >= 15 is 0 Å². The molecule has 1 aliphatic rings. The van der Waals surface area contributed by atoms with Crippen LogP contribution in [-0.4, -0.2) is 41.4 Å². The van der Waals surface area contributed by atoms with Crippen LogP contribution in [0.1, 0.15) is 37.4 Å². The van der Waals surface area contributed by atoms with Gasteiger partial charge in [-0.15, -0.1) is 22.7 Å². The summed E-state index contributed by atoms with van der Waals surface area (Å²) in [4.78, 5) is 18.9. The van der Waals surface area contributed by atoms with Crippen molar-refractivity contribution in [3.05, 3.63) is 92.6 Å². The van der Waals surface area contributed by atoms with Crippen molar-refractivity contribution in [2.45, 2.75) is 19.4 Å². The number of hydrogen-bond donors (Lipinski definition) is 0. The molecule has 0 bridgehead atoms. The average Bonchev–Trinajstić information content (AvgIpc) is 3.66. The SMILES string of the molecule is COc1cc2c(cc1OC)[C@@H](c1cccs1)N(C(=O)c1cc3c(C)nn(-c4ccccc4)c3s1)CC2. The van der Waals surface area contributed by atoms with Gasteiger partial charge in [0.25, 0.3) is 5.91 Å². The van der Waals surface area contributed by atoms with Crippen LogP contribution in [0.15, 0.2) is 66.0 Å². The van der Waals surface area contributed by atoms with Gasteiger partial charge in [0, 0.05) is 16.8 Å². The van der Waals surface area contributed by atoms with Gasteiger partial charge in [0.1, 0.15) is 4.83 Å². The molecular weight excluding hydrogens is 490 g/mol. The highest BCUT2D eigenvalue weighted by molar-refractivity contribution is 7.20. The molecule has 1 aliphatic heterocycles.